The molecule has 1 N–H and O–H groups in total. The molecule has 0 spiro atoms. The number of benzene rings is 1. The molecule has 2 nitrogen and oxygen atoms in total. The van der Waals surface area contributed by atoms with Crippen molar-refractivity contribution in [3.05, 3.63) is 56.9 Å². The number of furan rings is 1. The molecule has 1 aromatic carbocycles. The largest absolute Gasteiger partial charge is 0.472 e. The van der Waals surface area contributed by atoms with E-state index in [1.54, 1.807) is 12.5 Å². The number of nitrogens with one attached hydrogen (secondary N) is 1. The van der Waals surface area contributed by atoms with Crippen LogP contribution in [0.3, 0.4) is 0 Å². The minimum absolute atomic E-state index is 0.158. The van der Waals surface area contributed by atoms with E-state index in [0.29, 0.717) is 0 Å². The van der Waals surface area contributed by atoms with Crippen molar-refractivity contribution in [1.29, 1.82) is 0 Å². The third kappa shape index (κ3) is 3.25. The predicted molar refractivity (Wildman–Crippen MR) is 80.7 cm³/mol. The smallest absolute Gasteiger partial charge is 0.0953 e. The van der Waals surface area contributed by atoms with Crippen molar-refractivity contribution in [2.75, 3.05) is 6.54 Å². The summed E-state index contributed by atoms with van der Waals surface area (Å²) in [5, 5.41) is 3.54. The van der Waals surface area contributed by atoms with Crippen LogP contribution in [0.15, 0.2) is 50.2 Å². The maximum Gasteiger partial charge on any atom is 0.0953 e. The molecule has 0 saturated heterocycles. The molecular weight excluding hydrogens is 358 g/mol. The van der Waals surface area contributed by atoms with E-state index < -0.39 is 0 Å². The first-order valence-electron chi connectivity index (χ1n) is 5.92. The van der Waals surface area contributed by atoms with Crippen LogP contribution in [0.2, 0.25) is 0 Å². The Balaban J connectivity index is 2.33. The molecule has 0 aliphatic rings. The van der Waals surface area contributed by atoms with Crippen molar-refractivity contribution in [2.24, 2.45) is 0 Å². The zero-order valence-electron chi connectivity index (χ0n) is 10.1. The lowest BCUT2D eigenvalue weighted by Crippen LogP contribution is -2.23. The Hall–Kier alpha value is -0.580. The fourth-order valence-corrected chi connectivity index (χ4v) is 3.15. The zero-order valence-corrected chi connectivity index (χ0v) is 13.3. The van der Waals surface area contributed by atoms with Crippen LogP contribution in [0.5, 0.6) is 0 Å². The van der Waals surface area contributed by atoms with Gasteiger partial charge in [0.25, 0.3) is 0 Å². The standard InChI is InChI=1S/C14H15Br2NO/c1-2-6-17-14(10-5-7-18-9-10)12-4-3-11(15)8-13(12)16/h3-5,7-9,14,17H,2,6H2,1H3. The maximum atomic E-state index is 5.20. The first-order valence-corrected chi connectivity index (χ1v) is 7.51. The van der Waals surface area contributed by atoms with Gasteiger partial charge in [0, 0.05) is 14.5 Å². The van der Waals surface area contributed by atoms with E-state index in [1.165, 1.54) is 5.56 Å². The minimum atomic E-state index is 0.158. The second kappa shape index (κ2) is 6.55. The summed E-state index contributed by atoms with van der Waals surface area (Å²) >= 11 is 7.10. The van der Waals surface area contributed by atoms with Crippen molar-refractivity contribution in [1.82, 2.24) is 5.32 Å². The molecule has 0 aliphatic carbocycles. The van der Waals surface area contributed by atoms with E-state index in [0.717, 1.165) is 27.5 Å². The summed E-state index contributed by atoms with van der Waals surface area (Å²) in [6.07, 6.45) is 4.60. The van der Waals surface area contributed by atoms with Crippen LogP contribution in [-0.2, 0) is 0 Å². The molecule has 1 atom stereocenters. The summed E-state index contributed by atoms with van der Waals surface area (Å²) in [5.41, 5.74) is 2.36. The summed E-state index contributed by atoms with van der Waals surface area (Å²) in [5.74, 6) is 0. The molecule has 2 aromatic rings. The molecular formula is C14H15Br2NO. The normalized spacial score (nSPS) is 12.6. The van der Waals surface area contributed by atoms with Crippen molar-refractivity contribution < 1.29 is 4.42 Å². The van der Waals surface area contributed by atoms with Gasteiger partial charge in [0.2, 0.25) is 0 Å². The molecule has 1 heterocycles. The van der Waals surface area contributed by atoms with E-state index in [9.17, 15) is 0 Å². The fraction of sp³-hybridized carbons (Fsp3) is 0.286. The fourth-order valence-electron chi connectivity index (χ4n) is 1.87. The van der Waals surface area contributed by atoms with Crippen LogP contribution < -0.4 is 5.32 Å². The summed E-state index contributed by atoms with van der Waals surface area (Å²) in [6.45, 7) is 3.13. The van der Waals surface area contributed by atoms with Gasteiger partial charge in [-0.25, -0.2) is 0 Å². The molecule has 0 aliphatic heterocycles. The number of hydrogen-bond acceptors (Lipinski definition) is 2. The third-order valence-electron chi connectivity index (χ3n) is 2.75. The van der Waals surface area contributed by atoms with Crippen LogP contribution in [0.25, 0.3) is 0 Å². The summed E-state index contributed by atoms with van der Waals surface area (Å²) in [4.78, 5) is 0. The first-order chi connectivity index (χ1) is 8.72. The topological polar surface area (TPSA) is 25.2 Å². The van der Waals surface area contributed by atoms with Crippen LogP contribution in [-0.4, -0.2) is 6.54 Å². The van der Waals surface area contributed by atoms with Gasteiger partial charge in [-0.05, 0) is 36.7 Å². The van der Waals surface area contributed by atoms with Crippen LogP contribution in [0, 0.1) is 0 Å². The molecule has 18 heavy (non-hydrogen) atoms. The maximum absolute atomic E-state index is 5.20. The second-order valence-electron chi connectivity index (χ2n) is 4.11. The van der Waals surface area contributed by atoms with E-state index in [2.05, 4.69) is 62.3 Å². The van der Waals surface area contributed by atoms with Gasteiger partial charge in [-0.15, -0.1) is 0 Å². The highest BCUT2D eigenvalue weighted by Crippen LogP contribution is 2.31. The Kier molecular flexibility index (Phi) is 5.03. The Morgan fingerprint density at radius 3 is 2.72 bits per heavy atom. The van der Waals surface area contributed by atoms with Gasteiger partial charge in [-0.1, -0.05) is 44.8 Å². The van der Waals surface area contributed by atoms with Crippen molar-refractivity contribution in [2.45, 2.75) is 19.4 Å². The molecule has 0 saturated carbocycles. The third-order valence-corrected chi connectivity index (χ3v) is 3.93. The summed E-state index contributed by atoms with van der Waals surface area (Å²) < 4.78 is 7.35. The highest BCUT2D eigenvalue weighted by molar-refractivity contribution is 9.11. The number of halogens is 2. The minimum Gasteiger partial charge on any atom is -0.472 e. The first kappa shape index (κ1) is 13.8. The van der Waals surface area contributed by atoms with Gasteiger partial charge < -0.3 is 9.73 Å². The lowest BCUT2D eigenvalue weighted by molar-refractivity contribution is 0.548. The SMILES string of the molecule is CCCNC(c1ccoc1)c1ccc(Br)cc1Br. The average molecular weight is 373 g/mol. The van der Waals surface area contributed by atoms with Crippen molar-refractivity contribution in [3.63, 3.8) is 0 Å². The summed E-state index contributed by atoms with van der Waals surface area (Å²) in [6, 6.07) is 8.40. The molecule has 4 heteroatoms. The Morgan fingerprint density at radius 1 is 1.28 bits per heavy atom. The second-order valence-corrected chi connectivity index (χ2v) is 5.88. The van der Waals surface area contributed by atoms with Gasteiger partial charge in [0.1, 0.15) is 0 Å². The quantitative estimate of drug-likeness (QED) is 0.807. The Bertz CT molecular complexity index is 497. The molecule has 0 amide bonds. The Labute approximate surface area is 124 Å². The van der Waals surface area contributed by atoms with E-state index >= 15 is 0 Å². The predicted octanol–water partition coefficient (Wildman–Crippen LogP) is 4.89. The number of hydrogen-bond donors (Lipinski definition) is 1. The van der Waals surface area contributed by atoms with Crippen molar-refractivity contribution in [3.8, 4) is 0 Å². The molecule has 0 radical (unpaired) electrons. The van der Waals surface area contributed by atoms with Crippen molar-refractivity contribution >= 4 is 31.9 Å². The van der Waals surface area contributed by atoms with Gasteiger partial charge in [-0.2, -0.15) is 0 Å². The monoisotopic (exact) mass is 371 g/mol. The van der Waals surface area contributed by atoms with Gasteiger partial charge >= 0.3 is 0 Å². The molecule has 96 valence electrons. The van der Waals surface area contributed by atoms with Crippen LogP contribution >= 0.6 is 31.9 Å². The lowest BCUT2D eigenvalue weighted by atomic mass is 10.0. The van der Waals surface area contributed by atoms with E-state index in [4.69, 9.17) is 4.42 Å². The van der Waals surface area contributed by atoms with Gasteiger partial charge in [0.15, 0.2) is 0 Å². The lowest BCUT2D eigenvalue weighted by Gasteiger charge is -2.19. The van der Waals surface area contributed by atoms with Crippen LogP contribution in [0.4, 0.5) is 0 Å². The van der Waals surface area contributed by atoms with E-state index in [1.807, 2.05) is 6.07 Å². The Morgan fingerprint density at radius 2 is 2.11 bits per heavy atom. The van der Waals surface area contributed by atoms with Crippen LogP contribution in [0.1, 0.15) is 30.5 Å². The highest BCUT2D eigenvalue weighted by Gasteiger charge is 2.17. The average Bonchev–Trinajstić information content (AvgIpc) is 2.85. The zero-order chi connectivity index (χ0) is 13.0. The van der Waals surface area contributed by atoms with Gasteiger partial charge in [-0.3, -0.25) is 0 Å². The highest BCUT2D eigenvalue weighted by atomic mass is 79.9. The molecule has 2 rings (SSSR count). The molecule has 1 unspecified atom stereocenters. The van der Waals surface area contributed by atoms with Gasteiger partial charge in [0.05, 0.1) is 18.6 Å². The molecule has 0 bridgehead atoms. The molecule has 1 aromatic heterocycles. The molecule has 0 fully saturated rings. The summed E-state index contributed by atoms with van der Waals surface area (Å²) in [7, 11) is 0. The van der Waals surface area contributed by atoms with E-state index in [-0.39, 0.29) is 6.04 Å². The number of rotatable bonds is 5.